The minimum Gasteiger partial charge on any atom is -0.504 e. The number of rotatable bonds is 7. The van der Waals surface area contributed by atoms with E-state index in [-0.39, 0.29) is 17.9 Å². The summed E-state index contributed by atoms with van der Waals surface area (Å²) < 4.78 is 13.4. The Hall–Kier alpha value is -2.02. The summed E-state index contributed by atoms with van der Waals surface area (Å²) in [5.74, 6) is -1.25. The fourth-order valence-electron chi connectivity index (χ4n) is 2.00. The van der Waals surface area contributed by atoms with Crippen LogP contribution in [-0.4, -0.2) is 22.7 Å². The van der Waals surface area contributed by atoms with E-state index in [2.05, 4.69) is 5.32 Å². The number of carbonyl (C=O) groups is 1. The molecule has 8 nitrogen and oxygen atoms in total. The monoisotopic (exact) mass is 342 g/mol. The van der Waals surface area contributed by atoms with Gasteiger partial charge in [-0.3, -0.25) is 25.0 Å². The molecule has 0 radical (unpaired) electrons. The molecule has 0 aliphatic heterocycles. The van der Waals surface area contributed by atoms with Gasteiger partial charge in [0.05, 0.1) is 11.4 Å². The van der Waals surface area contributed by atoms with E-state index in [0.29, 0.717) is 6.42 Å². The first-order valence-electron chi connectivity index (χ1n) is 7.10. The molecule has 0 bridgehead atoms. The Morgan fingerprint density at radius 1 is 1.30 bits per heavy atom. The fraction of sp³-hybridized carbons (Fsp3) is 0.357. The number of allylic oxidation sites excluding steroid dienone is 1. The molecular formula is C14H23N4O4P. The molecule has 1 rings (SSSR count). The van der Waals surface area contributed by atoms with Crippen LogP contribution in [-0.2, 0) is 9.36 Å². The van der Waals surface area contributed by atoms with Gasteiger partial charge in [-0.05, 0) is 12.8 Å². The van der Waals surface area contributed by atoms with Crippen molar-refractivity contribution in [1.29, 1.82) is 0 Å². The molecule has 1 aromatic carbocycles. The standard InChI is InChI=1S/C14H23N4O4P/c1-3-4-5-6-7-18(23(15,16)22)12-9-14(21)13(20)8-11(12)17-10(2)19/h4-5,8-9,20-21H,3,6-7H2,1-2H3,(H,17,19)(H4,15,16,22)/b5-4+. The number of benzene rings is 1. The maximum atomic E-state index is 12.2. The molecular weight excluding hydrogens is 319 g/mol. The van der Waals surface area contributed by atoms with Crippen molar-refractivity contribution in [2.24, 2.45) is 11.0 Å². The van der Waals surface area contributed by atoms with Crippen LogP contribution in [0.5, 0.6) is 11.5 Å². The van der Waals surface area contributed by atoms with Crippen LogP contribution in [0.1, 0.15) is 26.7 Å². The third kappa shape index (κ3) is 5.59. The van der Waals surface area contributed by atoms with E-state index in [1.54, 1.807) is 0 Å². The average molecular weight is 342 g/mol. The third-order valence-electron chi connectivity index (χ3n) is 2.97. The fourth-order valence-corrected chi connectivity index (χ4v) is 2.93. The van der Waals surface area contributed by atoms with Gasteiger partial charge < -0.3 is 15.5 Å². The van der Waals surface area contributed by atoms with Gasteiger partial charge in [-0.25, -0.2) is 0 Å². The van der Waals surface area contributed by atoms with Crippen LogP contribution in [0.4, 0.5) is 11.4 Å². The largest absolute Gasteiger partial charge is 0.504 e. The summed E-state index contributed by atoms with van der Waals surface area (Å²) in [7, 11) is -3.70. The Morgan fingerprint density at radius 3 is 2.43 bits per heavy atom. The lowest BCUT2D eigenvalue weighted by Crippen LogP contribution is -2.30. The number of nitrogens with one attached hydrogen (secondary N) is 1. The predicted molar refractivity (Wildman–Crippen MR) is 91.5 cm³/mol. The topological polar surface area (TPSA) is 142 Å². The number of amides is 1. The van der Waals surface area contributed by atoms with E-state index in [9.17, 15) is 19.6 Å². The van der Waals surface area contributed by atoms with Crippen LogP contribution < -0.4 is 21.0 Å². The quantitative estimate of drug-likeness (QED) is 0.221. The number of nitrogens with zero attached hydrogens (tertiary/aromatic N) is 1. The third-order valence-corrected chi connectivity index (χ3v) is 4.14. The number of carbonyl (C=O) groups excluding carboxylic acids is 1. The van der Waals surface area contributed by atoms with Gasteiger partial charge in [0.15, 0.2) is 11.5 Å². The number of phenolic OH excluding ortho intramolecular Hbond substituents is 2. The molecule has 0 heterocycles. The normalized spacial score (nSPS) is 11.7. The van der Waals surface area contributed by atoms with Crippen LogP contribution in [0.3, 0.4) is 0 Å². The lowest BCUT2D eigenvalue weighted by Gasteiger charge is -2.29. The van der Waals surface area contributed by atoms with Crippen molar-refractivity contribution in [2.75, 3.05) is 16.5 Å². The first-order chi connectivity index (χ1) is 10.7. The van der Waals surface area contributed by atoms with Gasteiger partial charge in [-0.15, -0.1) is 0 Å². The van der Waals surface area contributed by atoms with E-state index in [0.717, 1.165) is 18.6 Å². The van der Waals surface area contributed by atoms with Crippen LogP contribution in [0.2, 0.25) is 0 Å². The first-order valence-corrected chi connectivity index (χ1v) is 8.90. The Bertz CT molecular complexity index is 642. The molecule has 0 saturated heterocycles. The zero-order chi connectivity index (χ0) is 17.6. The molecule has 23 heavy (non-hydrogen) atoms. The van der Waals surface area contributed by atoms with Crippen molar-refractivity contribution in [3.63, 3.8) is 0 Å². The van der Waals surface area contributed by atoms with Crippen LogP contribution in [0.15, 0.2) is 24.3 Å². The highest BCUT2D eigenvalue weighted by molar-refractivity contribution is 7.60. The Morgan fingerprint density at radius 2 is 1.91 bits per heavy atom. The lowest BCUT2D eigenvalue weighted by molar-refractivity contribution is -0.114. The minimum absolute atomic E-state index is 0.156. The first kappa shape index (κ1) is 19.0. The highest BCUT2D eigenvalue weighted by Gasteiger charge is 2.25. The Balaban J connectivity index is 3.28. The Labute approximate surface area is 135 Å². The van der Waals surface area contributed by atoms with E-state index in [1.165, 1.54) is 11.6 Å². The van der Waals surface area contributed by atoms with Crippen LogP contribution in [0.25, 0.3) is 0 Å². The summed E-state index contributed by atoms with van der Waals surface area (Å²) in [5, 5.41) is 21.8. The molecule has 1 aromatic rings. The average Bonchev–Trinajstić information content (AvgIpc) is 2.41. The number of phenols is 2. The number of hydrogen-bond acceptors (Lipinski definition) is 4. The summed E-state index contributed by atoms with van der Waals surface area (Å²) >= 11 is 0. The van der Waals surface area contributed by atoms with E-state index >= 15 is 0 Å². The highest BCUT2D eigenvalue weighted by atomic mass is 31.2. The van der Waals surface area contributed by atoms with Crippen molar-refractivity contribution in [2.45, 2.75) is 26.7 Å². The molecule has 9 heteroatoms. The Kier molecular flexibility index (Phi) is 6.62. The second kappa shape index (κ2) is 8.01. The molecule has 7 N–H and O–H groups in total. The zero-order valence-corrected chi connectivity index (χ0v) is 14.1. The van der Waals surface area contributed by atoms with E-state index in [1.807, 2.05) is 19.1 Å². The van der Waals surface area contributed by atoms with Gasteiger partial charge in [0.1, 0.15) is 0 Å². The number of aromatic hydroxyl groups is 2. The second-order valence-electron chi connectivity index (χ2n) is 5.00. The molecule has 0 spiro atoms. The van der Waals surface area contributed by atoms with Crippen molar-refractivity contribution in [3.05, 3.63) is 24.3 Å². The smallest absolute Gasteiger partial charge is 0.300 e. The zero-order valence-electron chi connectivity index (χ0n) is 13.2. The SMILES string of the molecule is CC/C=C/CCN(c1cc(O)c(O)cc1NC(C)=O)P(N)(N)=O. The molecule has 0 aromatic heterocycles. The summed E-state index contributed by atoms with van der Waals surface area (Å²) in [4.78, 5) is 11.3. The van der Waals surface area contributed by atoms with Gasteiger partial charge in [0.2, 0.25) is 5.91 Å². The molecule has 0 unspecified atom stereocenters. The molecule has 0 atom stereocenters. The van der Waals surface area contributed by atoms with E-state index < -0.39 is 25.0 Å². The summed E-state index contributed by atoms with van der Waals surface area (Å²) in [6.07, 6.45) is 5.22. The van der Waals surface area contributed by atoms with Gasteiger partial charge in [-0.1, -0.05) is 19.1 Å². The number of nitrogens with two attached hydrogens (primary N) is 2. The molecule has 1 amide bonds. The molecule has 128 valence electrons. The molecule has 0 aliphatic rings. The molecule has 0 saturated carbocycles. The maximum Gasteiger partial charge on any atom is 0.300 e. The van der Waals surface area contributed by atoms with Crippen LogP contribution in [0, 0.1) is 0 Å². The van der Waals surface area contributed by atoms with Crippen molar-refractivity contribution in [3.8, 4) is 11.5 Å². The van der Waals surface area contributed by atoms with Gasteiger partial charge in [0, 0.05) is 25.6 Å². The summed E-state index contributed by atoms with van der Waals surface area (Å²) in [5.41, 5.74) is 11.5. The van der Waals surface area contributed by atoms with Crippen molar-refractivity contribution in [1.82, 2.24) is 0 Å². The maximum absolute atomic E-state index is 12.2. The van der Waals surface area contributed by atoms with Gasteiger partial charge >= 0.3 is 7.59 Å². The number of hydrogen-bond donors (Lipinski definition) is 5. The second-order valence-corrected chi connectivity index (χ2v) is 6.83. The van der Waals surface area contributed by atoms with Crippen LogP contribution >= 0.6 is 7.59 Å². The summed E-state index contributed by atoms with van der Waals surface area (Å²) in [6.45, 7) is 3.49. The van der Waals surface area contributed by atoms with Gasteiger partial charge in [0.25, 0.3) is 0 Å². The van der Waals surface area contributed by atoms with E-state index in [4.69, 9.17) is 11.0 Å². The van der Waals surface area contributed by atoms with Gasteiger partial charge in [-0.2, -0.15) is 0 Å². The van der Waals surface area contributed by atoms with Crippen molar-refractivity contribution < 1.29 is 19.6 Å². The summed E-state index contributed by atoms with van der Waals surface area (Å²) in [6, 6.07) is 2.31. The molecule has 0 aliphatic carbocycles. The molecule has 0 fully saturated rings. The lowest BCUT2D eigenvalue weighted by atomic mass is 10.2. The van der Waals surface area contributed by atoms with Crippen molar-refractivity contribution >= 4 is 24.9 Å². The minimum atomic E-state index is -3.70. The number of anilines is 2. The highest BCUT2D eigenvalue weighted by Crippen LogP contribution is 2.45. The predicted octanol–water partition coefficient (Wildman–Crippen LogP) is 2.24.